The van der Waals surface area contributed by atoms with Gasteiger partial charge in [-0.05, 0) is 29.5 Å². The van der Waals surface area contributed by atoms with Gasteiger partial charge in [0, 0.05) is 17.7 Å². The molecule has 0 amide bonds. The lowest BCUT2D eigenvalue weighted by atomic mass is 9.68. The van der Waals surface area contributed by atoms with Crippen molar-refractivity contribution in [1.29, 1.82) is 5.26 Å². The van der Waals surface area contributed by atoms with E-state index in [2.05, 4.69) is 21.3 Å². The van der Waals surface area contributed by atoms with Crippen molar-refractivity contribution in [3.63, 3.8) is 0 Å². The van der Waals surface area contributed by atoms with Crippen molar-refractivity contribution < 1.29 is 19.0 Å². The van der Waals surface area contributed by atoms with E-state index in [1.54, 1.807) is 17.0 Å². The van der Waals surface area contributed by atoms with Crippen LogP contribution in [0.15, 0.2) is 41.1 Å². The maximum atomic E-state index is 13.6. The largest absolute Gasteiger partial charge is 0.493 e. The zero-order chi connectivity index (χ0) is 23.9. The molecule has 0 spiro atoms. The van der Waals surface area contributed by atoms with Crippen LogP contribution in [0, 0.1) is 16.7 Å². The third kappa shape index (κ3) is 3.55. The number of anilines is 1. The number of nitrogens with zero attached hydrogens (tertiary/aromatic N) is 4. The van der Waals surface area contributed by atoms with Gasteiger partial charge in [-0.15, -0.1) is 0 Å². The van der Waals surface area contributed by atoms with Crippen molar-refractivity contribution in [3.05, 3.63) is 46.7 Å². The number of methoxy groups -OCH3 is 3. The number of hydrogen-bond donors (Lipinski definition) is 2. The number of nitrogens with two attached hydrogens (primary N) is 1. The first-order chi connectivity index (χ1) is 15.8. The lowest BCUT2D eigenvalue weighted by Gasteiger charge is -2.42. The third-order valence-corrected chi connectivity index (χ3v) is 6.02. The molecule has 2 aliphatic rings. The Morgan fingerprint density at radius 3 is 2.36 bits per heavy atom. The number of carbonyl (C=O) groups excluding carboxylic acids is 1. The molecular formula is C23H26N6O4. The second-order valence-corrected chi connectivity index (χ2v) is 8.75. The van der Waals surface area contributed by atoms with Gasteiger partial charge in [-0.2, -0.15) is 15.3 Å². The minimum absolute atomic E-state index is 0.0511. The predicted octanol–water partition coefficient (Wildman–Crippen LogP) is 2.77. The summed E-state index contributed by atoms with van der Waals surface area (Å²) in [6.07, 6.45) is 2.26. The zero-order valence-corrected chi connectivity index (χ0v) is 19.2. The highest BCUT2D eigenvalue weighted by atomic mass is 16.5. The molecule has 1 atom stereocenters. The lowest BCUT2D eigenvalue weighted by Crippen LogP contribution is -2.42. The molecule has 1 aromatic carbocycles. The third-order valence-electron chi connectivity index (χ3n) is 6.02. The highest BCUT2D eigenvalue weighted by Crippen LogP contribution is 2.51. The first-order valence-corrected chi connectivity index (χ1v) is 10.4. The molecule has 10 heteroatoms. The van der Waals surface area contributed by atoms with Crippen LogP contribution < -0.4 is 24.8 Å². The van der Waals surface area contributed by atoms with Crippen molar-refractivity contribution in [2.75, 3.05) is 26.2 Å². The van der Waals surface area contributed by atoms with E-state index in [1.807, 2.05) is 13.8 Å². The zero-order valence-electron chi connectivity index (χ0n) is 19.2. The van der Waals surface area contributed by atoms with E-state index in [0.717, 1.165) is 0 Å². The Kier molecular flexibility index (Phi) is 5.49. The first-order valence-electron chi connectivity index (χ1n) is 10.4. The van der Waals surface area contributed by atoms with Gasteiger partial charge in [-0.3, -0.25) is 9.69 Å². The van der Waals surface area contributed by atoms with E-state index in [1.165, 1.54) is 27.7 Å². The highest BCUT2D eigenvalue weighted by Gasteiger charge is 2.45. The molecule has 10 nitrogen and oxygen atoms in total. The number of hydrogen-bond acceptors (Lipinski definition) is 9. The fourth-order valence-corrected chi connectivity index (χ4v) is 4.66. The lowest BCUT2D eigenvalue weighted by molar-refractivity contribution is -0.118. The SMILES string of the molecule is COc1cc([C@H]2C(C#N)=C(N)N(c3ncn[nH]3)C3=C2C(=O)CC(C)(C)C3)cc(OC)c1OC. The molecule has 3 N–H and O–H groups in total. The number of ether oxygens (including phenoxy) is 3. The van der Waals surface area contributed by atoms with E-state index in [-0.39, 0.29) is 22.6 Å². The van der Waals surface area contributed by atoms with Crippen LogP contribution in [-0.2, 0) is 4.79 Å². The summed E-state index contributed by atoms with van der Waals surface area (Å²) in [6.45, 7) is 4.06. The number of Topliss-reactive ketones (excluding diaryl/α,β-unsaturated/α-hetero) is 1. The number of rotatable bonds is 5. The van der Waals surface area contributed by atoms with Crippen LogP contribution in [-0.4, -0.2) is 42.3 Å². The maximum Gasteiger partial charge on any atom is 0.231 e. The van der Waals surface area contributed by atoms with Crippen LogP contribution in [0.4, 0.5) is 5.95 Å². The second-order valence-electron chi connectivity index (χ2n) is 8.75. The van der Waals surface area contributed by atoms with E-state index in [0.29, 0.717) is 52.9 Å². The minimum atomic E-state index is -0.693. The van der Waals surface area contributed by atoms with Crippen molar-refractivity contribution in [2.24, 2.45) is 11.1 Å². The molecule has 33 heavy (non-hydrogen) atoms. The van der Waals surface area contributed by atoms with Gasteiger partial charge >= 0.3 is 0 Å². The second kappa shape index (κ2) is 8.16. The highest BCUT2D eigenvalue weighted by molar-refractivity contribution is 6.01. The normalized spacial score (nSPS) is 19.8. The number of benzene rings is 1. The number of aromatic amines is 1. The summed E-state index contributed by atoms with van der Waals surface area (Å²) in [5, 5.41) is 16.9. The van der Waals surface area contributed by atoms with Gasteiger partial charge in [0.15, 0.2) is 17.3 Å². The molecule has 2 heterocycles. The van der Waals surface area contributed by atoms with Crippen LogP contribution in [0.25, 0.3) is 0 Å². The molecule has 0 saturated carbocycles. The quantitative estimate of drug-likeness (QED) is 0.703. The summed E-state index contributed by atoms with van der Waals surface area (Å²) in [5.41, 5.74) is 8.33. The number of nitriles is 1. The van der Waals surface area contributed by atoms with Crippen LogP contribution in [0.2, 0.25) is 0 Å². The minimum Gasteiger partial charge on any atom is -0.493 e. The summed E-state index contributed by atoms with van der Waals surface area (Å²) >= 11 is 0. The molecule has 0 radical (unpaired) electrons. The Balaban J connectivity index is 2.02. The standard InChI is InChI=1S/C23H26N6O4/c1-23(2)8-14-19(15(30)9-23)18(12-6-16(31-3)20(33-5)17(7-12)32-4)13(10-24)21(25)29(14)22-26-11-27-28-22/h6-7,11,18H,8-9,25H2,1-5H3,(H,26,27,28)/t18-/m0/s1. The Hall–Kier alpha value is -4.00. The van der Waals surface area contributed by atoms with Gasteiger partial charge in [0.1, 0.15) is 12.1 Å². The predicted molar refractivity (Wildman–Crippen MR) is 120 cm³/mol. The summed E-state index contributed by atoms with van der Waals surface area (Å²) in [7, 11) is 4.55. The van der Waals surface area contributed by atoms with Gasteiger partial charge in [0.05, 0.1) is 38.9 Å². The Bertz CT molecular complexity index is 1180. The topological polar surface area (TPSA) is 139 Å². The van der Waals surface area contributed by atoms with Gasteiger partial charge < -0.3 is 19.9 Å². The van der Waals surface area contributed by atoms with Crippen molar-refractivity contribution in [2.45, 2.75) is 32.6 Å². The fourth-order valence-electron chi connectivity index (χ4n) is 4.66. The van der Waals surface area contributed by atoms with E-state index in [9.17, 15) is 10.1 Å². The maximum absolute atomic E-state index is 13.6. The van der Waals surface area contributed by atoms with Crippen LogP contribution in [0.1, 0.15) is 38.2 Å². The van der Waals surface area contributed by atoms with E-state index < -0.39 is 5.92 Å². The molecular weight excluding hydrogens is 424 g/mol. The van der Waals surface area contributed by atoms with Crippen molar-refractivity contribution in [1.82, 2.24) is 15.2 Å². The molecule has 1 aliphatic carbocycles. The molecule has 172 valence electrons. The monoisotopic (exact) mass is 450 g/mol. The summed E-state index contributed by atoms with van der Waals surface area (Å²) in [4.78, 5) is 19.4. The molecule has 0 unspecified atom stereocenters. The molecule has 1 aliphatic heterocycles. The molecule has 0 fully saturated rings. The molecule has 0 saturated heterocycles. The number of H-pyrrole nitrogens is 1. The molecule has 0 bridgehead atoms. The summed E-state index contributed by atoms with van der Waals surface area (Å²) in [6, 6.07) is 5.72. The van der Waals surface area contributed by atoms with Crippen molar-refractivity contribution in [3.8, 4) is 23.3 Å². The van der Waals surface area contributed by atoms with E-state index >= 15 is 0 Å². The first kappa shape index (κ1) is 22.2. The summed E-state index contributed by atoms with van der Waals surface area (Å²) < 4.78 is 16.5. The van der Waals surface area contributed by atoms with Crippen LogP contribution >= 0.6 is 0 Å². The van der Waals surface area contributed by atoms with E-state index in [4.69, 9.17) is 19.9 Å². The van der Waals surface area contributed by atoms with Crippen LogP contribution in [0.5, 0.6) is 17.2 Å². The van der Waals surface area contributed by atoms with Gasteiger partial charge in [-0.1, -0.05) is 13.8 Å². The summed E-state index contributed by atoms with van der Waals surface area (Å²) in [5.74, 6) is 1.06. The molecule has 4 rings (SSSR count). The van der Waals surface area contributed by atoms with Gasteiger partial charge in [0.2, 0.25) is 11.7 Å². The Labute approximate surface area is 191 Å². The number of carbonyl (C=O) groups is 1. The Morgan fingerprint density at radius 1 is 1.18 bits per heavy atom. The van der Waals surface area contributed by atoms with Gasteiger partial charge in [0.25, 0.3) is 0 Å². The molecule has 2 aromatic rings. The number of aromatic nitrogens is 3. The molecule has 1 aromatic heterocycles. The fraction of sp³-hybridized carbons (Fsp3) is 0.391. The smallest absolute Gasteiger partial charge is 0.231 e. The number of ketones is 1. The van der Waals surface area contributed by atoms with Gasteiger partial charge in [-0.25, -0.2) is 5.10 Å². The average molecular weight is 450 g/mol. The number of allylic oxidation sites excluding steroid dienone is 3. The Morgan fingerprint density at radius 2 is 1.85 bits per heavy atom. The average Bonchev–Trinajstić information content (AvgIpc) is 3.30. The van der Waals surface area contributed by atoms with Crippen LogP contribution in [0.3, 0.4) is 0 Å². The number of nitrogens with one attached hydrogen (secondary N) is 1. The van der Waals surface area contributed by atoms with Crippen molar-refractivity contribution >= 4 is 11.7 Å².